The molecule has 0 aliphatic carbocycles. The minimum Gasteiger partial charge on any atom is -0.314 e. The van der Waals surface area contributed by atoms with Crippen LogP contribution in [0.3, 0.4) is 0 Å². The standard InChI is InChI=1S/C9H19.Rf/c1-7(2)9(5,6)8(3)4;/h7H,1-6H3;/q-1;. The monoisotopic (exact) mass is 394 g/mol. The molecular formula is C9H19Rf-. The second kappa shape index (κ2) is 3.24. The first-order valence-electron chi connectivity index (χ1n) is 3.69. The maximum absolute atomic E-state index is 2.30. The molecule has 0 saturated heterocycles. The van der Waals surface area contributed by atoms with Gasteiger partial charge in [0, 0.05) is 0 Å². The van der Waals surface area contributed by atoms with E-state index >= 15 is 0 Å². The molecule has 0 aliphatic heterocycles. The van der Waals surface area contributed by atoms with Crippen LogP contribution in [0.1, 0.15) is 41.5 Å². The minimum absolute atomic E-state index is 0. The SMILES string of the molecule is C[C-](C)C(C)(C)C(C)C.[Rf]. The van der Waals surface area contributed by atoms with Crippen LogP contribution in [-0.4, -0.2) is 0 Å². The number of rotatable bonds is 2. The summed E-state index contributed by atoms with van der Waals surface area (Å²) in [6.07, 6.45) is 0. The van der Waals surface area contributed by atoms with Gasteiger partial charge in [0.1, 0.15) is 0 Å². The topological polar surface area (TPSA) is 0 Å². The van der Waals surface area contributed by atoms with Gasteiger partial charge in [-0.2, -0.15) is 19.3 Å². The molecule has 0 heterocycles. The molecule has 0 nitrogen and oxygen atoms in total. The van der Waals surface area contributed by atoms with Crippen LogP contribution in [-0.2, 0) is 0 Å². The summed E-state index contributed by atoms with van der Waals surface area (Å²) in [5, 5.41) is 0. The maximum Gasteiger partial charge on any atom is 0 e. The van der Waals surface area contributed by atoms with E-state index in [1.54, 1.807) is 0 Å². The summed E-state index contributed by atoms with van der Waals surface area (Å²) in [6.45, 7) is 13.6. The predicted molar refractivity (Wildman–Crippen MR) is 43.2 cm³/mol. The van der Waals surface area contributed by atoms with E-state index in [4.69, 9.17) is 0 Å². The van der Waals surface area contributed by atoms with Crippen molar-refractivity contribution >= 4 is 0 Å². The van der Waals surface area contributed by atoms with Gasteiger partial charge in [-0.15, -0.1) is 0 Å². The average molecular weight is 394 g/mol. The molecule has 0 aromatic rings. The van der Waals surface area contributed by atoms with E-state index in [1.807, 2.05) is 0 Å². The Labute approximate surface area is 59.7 Å². The third kappa shape index (κ3) is 2.08. The summed E-state index contributed by atoms with van der Waals surface area (Å²) < 4.78 is 0. The van der Waals surface area contributed by atoms with Crippen molar-refractivity contribution in [3.05, 3.63) is 5.92 Å². The van der Waals surface area contributed by atoms with Gasteiger partial charge >= 0.3 is 0 Å². The fourth-order valence-corrected chi connectivity index (χ4v) is 0.577. The second-order valence-electron chi connectivity index (χ2n) is 3.88. The first-order chi connectivity index (χ1) is 3.89. The summed E-state index contributed by atoms with van der Waals surface area (Å²) in [5.41, 5.74) is 0.417. The van der Waals surface area contributed by atoms with Crippen LogP contribution >= 0.6 is 0 Å². The van der Waals surface area contributed by atoms with Crippen molar-refractivity contribution in [3.8, 4) is 0 Å². The van der Waals surface area contributed by atoms with Gasteiger partial charge in [0.05, 0.1) is 0 Å². The van der Waals surface area contributed by atoms with Crippen LogP contribution in [0.2, 0.25) is 0 Å². The second-order valence-corrected chi connectivity index (χ2v) is 3.88. The van der Waals surface area contributed by atoms with Crippen LogP contribution in [0.5, 0.6) is 0 Å². The summed E-state index contributed by atoms with van der Waals surface area (Å²) in [5.74, 6) is 2.28. The normalized spacial score (nSPS) is 12.0. The van der Waals surface area contributed by atoms with Crippen molar-refractivity contribution in [2.75, 3.05) is 0 Å². The molecule has 1 heteroatoms. The smallest absolute Gasteiger partial charge is 0 e. The van der Waals surface area contributed by atoms with E-state index in [0.717, 1.165) is 5.92 Å². The van der Waals surface area contributed by atoms with Crippen molar-refractivity contribution in [3.63, 3.8) is 0 Å². The van der Waals surface area contributed by atoms with Crippen molar-refractivity contribution in [2.24, 2.45) is 11.3 Å². The Morgan fingerprint density at radius 1 is 1.10 bits per heavy atom. The molecule has 0 radical (unpaired) electrons. The third-order valence-electron chi connectivity index (χ3n) is 2.73. The van der Waals surface area contributed by atoms with Crippen LogP contribution in [0.4, 0.5) is 0 Å². The quantitative estimate of drug-likeness (QED) is 0.631. The number of hydrogen-bond donors (Lipinski definition) is 0. The molecule has 0 saturated carbocycles. The van der Waals surface area contributed by atoms with Crippen molar-refractivity contribution in [2.45, 2.75) is 41.5 Å². The molecule has 58 valence electrons. The van der Waals surface area contributed by atoms with Crippen LogP contribution in [0.25, 0.3) is 0 Å². The zero-order valence-electron chi connectivity index (χ0n) is 8.28. The van der Waals surface area contributed by atoms with Gasteiger partial charge in [0.25, 0.3) is 0 Å². The molecule has 0 aliphatic rings. The zero-order chi connectivity index (χ0) is 7.65. The van der Waals surface area contributed by atoms with Gasteiger partial charge in [-0.05, 0) is 0 Å². The van der Waals surface area contributed by atoms with Gasteiger partial charge in [-0.1, -0.05) is 33.6 Å². The summed E-state index contributed by atoms with van der Waals surface area (Å²) in [4.78, 5) is 0. The first kappa shape index (κ1) is 11.8. The minimum atomic E-state index is 0. The molecular weight excluding hydrogens is 375 g/mol. The van der Waals surface area contributed by atoms with E-state index in [-0.39, 0.29) is 0 Å². The Bertz CT molecular complexity index is 72.7. The fraction of sp³-hybridized carbons (Fsp3) is 0.889. The van der Waals surface area contributed by atoms with Crippen LogP contribution < -0.4 is 0 Å². The average Bonchev–Trinajstić information content (AvgIpc) is 1.65. The maximum atomic E-state index is 2.30. The van der Waals surface area contributed by atoms with Crippen molar-refractivity contribution in [1.29, 1.82) is 0 Å². The Hall–Kier alpha value is -1.00. The van der Waals surface area contributed by atoms with E-state index in [9.17, 15) is 0 Å². The van der Waals surface area contributed by atoms with Crippen LogP contribution in [0.15, 0.2) is 0 Å². The van der Waals surface area contributed by atoms with E-state index in [1.165, 1.54) is 5.92 Å². The molecule has 0 fully saturated rings. The molecule has 0 unspecified atom stereocenters. The third-order valence-corrected chi connectivity index (χ3v) is 2.73. The molecule has 10 heavy (non-hydrogen) atoms. The Balaban J connectivity index is 0. The molecule has 0 atom stereocenters. The van der Waals surface area contributed by atoms with E-state index in [2.05, 4.69) is 41.5 Å². The van der Waals surface area contributed by atoms with Gasteiger partial charge in [-0.25, -0.2) is 0 Å². The summed E-state index contributed by atoms with van der Waals surface area (Å²) in [6, 6.07) is 0. The molecule has 0 N–H and O–H groups in total. The zero-order valence-corrected chi connectivity index (χ0v) is 14.7. The predicted octanol–water partition coefficient (Wildman–Crippen LogP) is 3.28. The van der Waals surface area contributed by atoms with E-state index < -0.39 is 0 Å². The van der Waals surface area contributed by atoms with Crippen molar-refractivity contribution in [1.82, 2.24) is 0 Å². The molecule has 0 spiro atoms. The van der Waals surface area contributed by atoms with Gasteiger partial charge in [0.2, 0.25) is 0 Å². The summed E-state index contributed by atoms with van der Waals surface area (Å²) in [7, 11) is 0. The first-order valence-corrected chi connectivity index (χ1v) is 3.69. The van der Waals surface area contributed by atoms with Gasteiger partial charge in [0.15, 0.2) is 0 Å². The number of hydrogen-bond acceptors (Lipinski definition) is 0. The summed E-state index contributed by atoms with van der Waals surface area (Å²) >= 11 is 0. The van der Waals surface area contributed by atoms with Crippen molar-refractivity contribution < 1.29 is 0 Å². The Kier molecular flexibility index (Phi) is 3.81. The van der Waals surface area contributed by atoms with E-state index in [0.29, 0.717) is 5.41 Å². The molecule has 0 rings (SSSR count). The molecule has 0 aromatic heterocycles. The molecule has 0 amide bonds. The largest absolute Gasteiger partial charge is 0.314 e. The van der Waals surface area contributed by atoms with Gasteiger partial charge < -0.3 is 5.92 Å². The van der Waals surface area contributed by atoms with Crippen LogP contribution in [0, 0.1) is 17.3 Å². The Morgan fingerprint density at radius 3 is 1.40 bits per heavy atom. The Morgan fingerprint density at radius 2 is 1.40 bits per heavy atom. The fourth-order valence-electron chi connectivity index (χ4n) is 0.577. The molecule has 0 bridgehead atoms. The molecule has 0 aromatic carbocycles. The van der Waals surface area contributed by atoms with Gasteiger partial charge in [-0.3, -0.25) is 0 Å².